The lowest BCUT2D eigenvalue weighted by Gasteiger charge is -2.22. The van der Waals surface area contributed by atoms with Gasteiger partial charge in [0.2, 0.25) is 0 Å². The highest BCUT2D eigenvalue weighted by Crippen LogP contribution is 2.44. The minimum atomic E-state index is 0.0561. The van der Waals surface area contributed by atoms with Gasteiger partial charge in [-0.15, -0.1) is 0 Å². The van der Waals surface area contributed by atoms with Crippen molar-refractivity contribution in [3.63, 3.8) is 0 Å². The highest BCUT2D eigenvalue weighted by molar-refractivity contribution is 5.94. The molecule has 2 aliphatic carbocycles. The lowest BCUT2D eigenvalue weighted by molar-refractivity contribution is 0.0923. The first-order chi connectivity index (χ1) is 9.26. The van der Waals surface area contributed by atoms with E-state index in [4.69, 9.17) is 4.74 Å². The summed E-state index contributed by atoms with van der Waals surface area (Å²) in [6.07, 6.45) is 5.14. The maximum atomic E-state index is 12.2. The molecule has 3 unspecified atom stereocenters. The largest absolute Gasteiger partial charge is 0.494 e. The van der Waals surface area contributed by atoms with Crippen LogP contribution in [0.15, 0.2) is 24.3 Å². The van der Waals surface area contributed by atoms with Crippen LogP contribution in [-0.4, -0.2) is 18.6 Å². The molecule has 0 heterocycles. The highest BCUT2D eigenvalue weighted by atomic mass is 16.5. The fourth-order valence-electron chi connectivity index (χ4n) is 3.54. The summed E-state index contributed by atoms with van der Waals surface area (Å²) >= 11 is 0. The van der Waals surface area contributed by atoms with Gasteiger partial charge in [0.05, 0.1) is 6.61 Å². The number of rotatable bonds is 4. The van der Waals surface area contributed by atoms with Crippen molar-refractivity contribution in [1.82, 2.24) is 5.32 Å². The molecule has 3 nitrogen and oxygen atoms in total. The fourth-order valence-corrected chi connectivity index (χ4v) is 3.54. The molecule has 1 aromatic rings. The van der Waals surface area contributed by atoms with E-state index in [1.807, 2.05) is 31.2 Å². The summed E-state index contributed by atoms with van der Waals surface area (Å²) in [5, 5.41) is 3.20. The summed E-state index contributed by atoms with van der Waals surface area (Å²) in [7, 11) is 0. The van der Waals surface area contributed by atoms with Crippen molar-refractivity contribution in [2.75, 3.05) is 6.61 Å². The molecule has 0 saturated heterocycles. The van der Waals surface area contributed by atoms with Crippen molar-refractivity contribution in [2.45, 2.75) is 38.6 Å². The van der Waals surface area contributed by atoms with Crippen molar-refractivity contribution in [3.05, 3.63) is 29.8 Å². The Labute approximate surface area is 114 Å². The Hall–Kier alpha value is -1.51. The topological polar surface area (TPSA) is 38.3 Å². The minimum Gasteiger partial charge on any atom is -0.494 e. The van der Waals surface area contributed by atoms with Crippen molar-refractivity contribution in [3.8, 4) is 5.75 Å². The Morgan fingerprint density at radius 3 is 2.63 bits per heavy atom. The van der Waals surface area contributed by atoms with Gasteiger partial charge in [-0.3, -0.25) is 4.79 Å². The van der Waals surface area contributed by atoms with Crippen LogP contribution in [0.4, 0.5) is 0 Å². The van der Waals surface area contributed by atoms with E-state index in [2.05, 4.69) is 5.32 Å². The molecule has 0 radical (unpaired) electrons. The standard InChI is InChI=1S/C16H21NO2/c1-2-19-14-7-5-12(6-8-14)16(18)17-15-10-11-3-4-13(15)9-11/h5-8,11,13,15H,2-4,9-10H2,1H3,(H,17,18). The molecule has 3 atom stereocenters. The van der Waals surface area contributed by atoms with E-state index in [0.29, 0.717) is 12.6 Å². The number of ether oxygens (including phenoxy) is 1. The van der Waals surface area contributed by atoms with Crippen molar-refractivity contribution in [2.24, 2.45) is 11.8 Å². The van der Waals surface area contributed by atoms with Crippen LogP contribution in [0.2, 0.25) is 0 Å². The smallest absolute Gasteiger partial charge is 0.251 e. The Morgan fingerprint density at radius 1 is 1.26 bits per heavy atom. The zero-order chi connectivity index (χ0) is 13.2. The van der Waals surface area contributed by atoms with E-state index >= 15 is 0 Å². The summed E-state index contributed by atoms with van der Waals surface area (Å²) < 4.78 is 5.38. The molecular weight excluding hydrogens is 238 g/mol. The zero-order valence-electron chi connectivity index (χ0n) is 11.4. The molecule has 2 aliphatic rings. The second-order valence-electron chi connectivity index (χ2n) is 5.71. The zero-order valence-corrected chi connectivity index (χ0v) is 11.4. The molecule has 1 N–H and O–H groups in total. The number of fused-ring (bicyclic) bond motifs is 2. The quantitative estimate of drug-likeness (QED) is 0.902. The Balaban J connectivity index is 1.60. The summed E-state index contributed by atoms with van der Waals surface area (Å²) in [6, 6.07) is 7.80. The van der Waals surface area contributed by atoms with E-state index in [1.54, 1.807) is 0 Å². The Morgan fingerprint density at radius 2 is 2.05 bits per heavy atom. The van der Waals surface area contributed by atoms with E-state index in [1.165, 1.54) is 25.7 Å². The lowest BCUT2D eigenvalue weighted by atomic mass is 9.95. The van der Waals surface area contributed by atoms with Gasteiger partial charge in [-0.05, 0) is 62.3 Å². The summed E-state index contributed by atoms with van der Waals surface area (Å²) in [5.74, 6) is 2.45. The van der Waals surface area contributed by atoms with Gasteiger partial charge in [0.1, 0.15) is 5.75 Å². The van der Waals surface area contributed by atoms with Crippen LogP contribution in [0, 0.1) is 11.8 Å². The molecule has 2 saturated carbocycles. The number of carbonyl (C=O) groups is 1. The number of hydrogen-bond acceptors (Lipinski definition) is 2. The second-order valence-corrected chi connectivity index (χ2v) is 5.71. The molecule has 102 valence electrons. The molecule has 0 spiro atoms. The Bertz CT molecular complexity index is 454. The van der Waals surface area contributed by atoms with Crippen LogP contribution < -0.4 is 10.1 Å². The van der Waals surface area contributed by atoms with Gasteiger partial charge in [0.15, 0.2) is 0 Å². The van der Waals surface area contributed by atoms with Crippen LogP contribution >= 0.6 is 0 Å². The van der Waals surface area contributed by atoms with Gasteiger partial charge in [0, 0.05) is 11.6 Å². The van der Waals surface area contributed by atoms with Crippen LogP contribution in [-0.2, 0) is 0 Å². The van der Waals surface area contributed by atoms with Crippen LogP contribution in [0.5, 0.6) is 5.75 Å². The summed E-state index contributed by atoms with van der Waals surface area (Å²) in [5.41, 5.74) is 0.728. The molecule has 3 rings (SSSR count). The maximum absolute atomic E-state index is 12.2. The van der Waals surface area contributed by atoms with Gasteiger partial charge in [-0.1, -0.05) is 6.42 Å². The monoisotopic (exact) mass is 259 g/mol. The average molecular weight is 259 g/mol. The molecule has 19 heavy (non-hydrogen) atoms. The third-order valence-electron chi connectivity index (χ3n) is 4.48. The fraction of sp³-hybridized carbons (Fsp3) is 0.562. The SMILES string of the molecule is CCOc1ccc(C(=O)NC2CC3CCC2C3)cc1. The first-order valence-electron chi connectivity index (χ1n) is 7.30. The number of benzene rings is 1. The number of nitrogens with one attached hydrogen (secondary N) is 1. The van der Waals surface area contributed by atoms with E-state index < -0.39 is 0 Å². The van der Waals surface area contributed by atoms with E-state index in [0.717, 1.165) is 23.1 Å². The molecule has 0 aliphatic heterocycles. The minimum absolute atomic E-state index is 0.0561. The third-order valence-corrected chi connectivity index (χ3v) is 4.48. The molecule has 0 aromatic heterocycles. The van der Waals surface area contributed by atoms with Gasteiger partial charge in [-0.2, -0.15) is 0 Å². The van der Waals surface area contributed by atoms with Crippen molar-refractivity contribution in [1.29, 1.82) is 0 Å². The third kappa shape index (κ3) is 2.60. The van der Waals surface area contributed by atoms with Crippen molar-refractivity contribution < 1.29 is 9.53 Å². The van der Waals surface area contributed by atoms with E-state index in [-0.39, 0.29) is 5.91 Å². The summed E-state index contributed by atoms with van der Waals surface area (Å²) in [6.45, 7) is 2.60. The summed E-state index contributed by atoms with van der Waals surface area (Å²) in [4.78, 5) is 12.2. The van der Waals surface area contributed by atoms with Gasteiger partial charge < -0.3 is 10.1 Å². The molecule has 1 aromatic carbocycles. The van der Waals surface area contributed by atoms with Crippen LogP contribution in [0.3, 0.4) is 0 Å². The molecule has 1 amide bonds. The van der Waals surface area contributed by atoms with Crippen LogP contribution in [0.25, 0.3) is 0 Å². The van der Waals surface area contributed by atoms with Crippen LogP contribution in [0.1, 0.15) is 43.0 Å². The second kappa shape index (κ2) is 5.24. The Kier molecular flexibility index (Phi) is 3.45. The predicted octanol–water partition coefficient (Wildman–Crippen LogP) is 3.00. The molecule has 3 heteroatoms. The lowest BCUT2D eigenvalue weighted by Crippen LogP contribution is -2.38. The van der Waals surface area contributed by atoms with Gasteiger partial charge >= 0.3 is 0 Å². The maximum Gasteiger partial charge on any atom is 0.251 e. The predicted molar refractivity (Wildman–Crippen MR) is 74.3 cm³/mol. The highest BCUT2D eigenvalue weighted by Gasteiger charge is 2.40. The van der Waals surface area contributed by atoms with Gasteiger partial charge in [0.25, 0.3) is 5.91 Å². The van der Waals surface area contributed by atoms with E-state index in [9.17, 15) is 4.79 Å². The normalized spacial score (nSPS) is 28.4. The molecular formula is C16H21NO2. The number of carbonyl (C=O) groups excluding carboxylic acids is 1. The first kappa shape index (κ1) is 12.5. The molecule has 2 fully saturated rings. The van der Waals surface area contributed by atoms with Gasteiger partial charge in [-0.25, -0.2) is 0 Å². The first-order valence-corrected chi connectivity index (χ1v) is 7.30. The molecule has 2 bridgehead atoms. The number of amides is 1. The number of hydrogen-bond donors (Lipinski definition) is 1. The average Bonchev–Trinajstić information content (AvgIpc) is 3.02. The van der Waals surface area contributed by atoms with Crippen molar-refractivity contribution >= 4 is 5.91 Å².